The number of alkyl carbamates (subject to hydrolysis) is 1. The first-order valence-electron chi connectivity index (χ1n) is 6.32. The van der Waals surface area contributed by atoms with Crippen molar-refractivity contribution in [1.29, 1.82) is 0 Å². The molecule has 0 heterocycles. The molecule has 0 aliphatic heterocycles. The van der Waals surface area contributed by atoms with Crippen molar-refractivity contribution < 1.29 is 19.4 Å². The van der Waals surface area contributed by atoms with Crippen LogP contribution in [-0.2, 0) is 4.74 Å². The smallest absolute Gasteiger partial charge is 0.407 e. The SMILES string of the molecule is COc1cc(O)ccc1C=CCNC(=O)OC(C)(C)C. The van der Waals surface area contributed by atoms with Gasteiger partial charge in [-0.05, 0) is 32.9 Å². The Balaban J connectivity index is 2.52. The highest BCUT2D eigenvalue weighted by Gasteiger charge is 2.14. The number of rotatable bonds is 4. The lowest BCUT2D eigenvalue weighted by Crippen LogP contribution is -2.32. The van der Waals surface area contributed by atoms with E-state index in [-0.39, 0.29) is 5.75 Å². The van der Waals surface area contributed by atoms with E-state index in [1.807, 2.05) is 20.8 Å². The average molecular weight is 279 g/mol. The fraction of sp³-hybridized carbons (Fsp3) is 0.400. The summed E-state index contributed by atoms with van der Waals surface area (Å²) in [6.07, 6.45) is 3.12. The summed E-state index contributed by atoms with van der Waals surface area (Å²) in [5.74, 6) is 0.712. The van der Waals surface area contributed by atoms with E-state index in [4.69, 9.17) is 9.47 Å². The molecule has 0 bridgehead atoms. The summed E-state index contributed by atoms with van der Waals surface area (Å²) in [5, 5.41) is 12.0. The fourth-order valence-corrected chi connectivity index (χ4v) is 1.48. The zero-order valence-electron chi connectivity index (χ0n) is 12.3. The lowest BCUT2D eigenvalue weighted by Gasteiger charge is -2.19. The van der Waals surface area contributed by atoms with E-state index < -0.39 is 11.7 Å². The van der Waals surface area contributed by atoms with Crippen molar-refractivity contribution in [2.75, 3.05) is 13.7 Å². The van der Waals surface area contributed by atoms with E-state index in [0.717, 1.165) is 5.56 Å². The van der Waals surface area contributed by atoms with Crippen molar-refractivity contribution in [2.24, 2.45) is 0 Å². The Labute approximate surface area is 119 Å². The molecule has 0 atom stereocenters. The molecule has 0 saturated carbocycles. The summed E-state index contributed by atoms with van der Waals surface area (Å²) in [6.45, 7) is 5.77. The molecule has 0 aliphatic carbocycles. The topological polar surface area (TPSA) is 67.8 Å². The van der Waals surface area contributed by atoms with Gasteiger partial charge in [-0.3, -0.25) is 0 Å². The summed E-state index contributed by atoms with van der Waals surface area (Å²) in [7, 11) is 1.53. The molecule has 0 unspecified atom stereocenters. The van der Waals surface area contributed by atoms with E-state index >= 15 is 0 Å². The monoisotopic (exact) mass is 279 g/mol. The first-order valence-corrected chi connectivity index (χ1v) is 6.32. The van der Waals surface area contributed by atoms with Crippen molar-refractivity contribution in [3.8, 4) is 11.5 Å². The van der Waals surface area contributed by atoms with Crippen molar-refractivity contribution in [2.45, 2.75) is 26.4 Å². The van der Waals surface area contributed by atoms with Gasteiger partial charge in [0.1, 0.15) is 17.1 Å². The van der Waals surface area contributed by atoms with Crippen LogP contribution in [-0.4, -0.2) is 30.5 Å². The number of amides is 1. The molecule has 0 aromatic heterocycles. The summed E-state index contributed by atoms with van der Waals surface area (Å²) >= 11 is 0. The minimum absolute atomic E-state index is 0.144. The maximum atomic E-state index is 11.4. The molecule has 0 radical (unpaired) electrons. The summed E-state index contributed by atoms with van der Waals surface area (Å²) in [5.41, 5.74) is 0.310. The molecule has 1 rings (SSSR count). The van der Waals surface area contributed by atoms with Crippen LogP contribution in [0.15, 0.2) is 24.3 Å². The molecule has 110 valence electrons. The second-order valence-electron chi connectivity index (χ2n) is 5.21. The molecule has 5 heteroatoms. The highest BCUT2D eigenvalue weighted by molar-refractivity contribution is 5.68. The van der Waals surface area contributed by atoms with Gasteiger partial charge in [-0.15, -0.1) is 0 Å². The quantitative estimate of drug-likeness (QED) is 0.889. The van der Waals surface area contributed by atoms with Gasteiger partial charge in [-0.25, -0.2) is 4.79 Å². The Morgan fingerprint density at radius 3 is 2.70 bits per heavy atom. The summed E-state index contributed by atoms with van der Waals surface area (Å²) < 4.78 is 10.3. The van der Waals surface area contributed by atoms with Crippen LogP contribution in [0.3, 0.4) is 0 Å². The molecule has 0 spiro atoms. The van der Waals surface area contributed by atoms with Crippen LogP contribution in [0.4, 0.5) is 4.79 Å². The number of methoxy groups -OCH3 is 1. The standard InChI is InChI=1S/C15H21NO4/c1-15(2,3)20-14(18)16-9-5-6-11-7-8-12(17)10-13(11)19-4/h5-8,10,17H,9H2,1-4H3,(H,16,18). The number of carbonyl (C=O) groups excluding carboxylic acids is 1. The van der Waals surface area contributed by atoms with E-state index in [1.165, 1.54) is 13.2 Å². The van der Waals surface area contributed by atoms with Crippen LogP contribution in [0, 0.1) is 0 Å². The second-order valence-corrected chi connectivity index (χ2v) is 5.21. The Kier molecular flexibility index (Phi) is 5.43. The van der Waals surface area contributed by atoms with Gasteiger partial charge in [0.05, 0.1) is 7.11 Å². The molecular weight excluding hydrogens is 258 g/mol. The molecule has 1 aromatic rings. The third-order valence-corrected chi connectivity index (χ3v) is 2.28. The number of carbonyl (C=O) groups is 1. The Bertz CT molecular complexity index is 489. The average Bonchev–Trinajstić information content (AvgIpc) is 2.33. The van der Waals surface area contributed by atoms with Gasteiger partial charge < -0.3 is 19.9 Å². The third kappa shape index (κ3) is 5.65. The normalized spacial score (nSPS) is 11.4. The number of aromatic hydroxyl groups is 1. The molecule has 1 amide bonds. The van der Waals surface area contributed by atoms with Crippen LogP contribution < -0.4 is 10.1 Å². The van der Waals surface area contributed by atoms with E-state index in [1.54, 1.807) is 24.3 Å². The van der Waals surface area contributed by atoms with Gasteiger partial charge in [0.25, 0.3) is 0 Å². The number of hydrogen-bond acceptors (Lipinski definition) is 4. The highest BCUT2D eigenvalue weighted by Crippen LogP contribution is 2.24. The maximum Gasteiger partial charge on any atom is 0.407 e. The number of ether oxygens (including phenoxy) is 2. The molecule has 20 heavy (non-hydrogen) atoms. The number of nitrogens with one attached hydrogen (secondary N) is 1. The second kappa shape index (κ2) is 6.84. The van der Waals surface area contributed by atoms with Crippen molar-refractivity contribution in [1.82, 2.24) is 5.32 Å². The zero-order chi connectivity index (χ0) is 15.2. The van der Waals surface area contributed by atoms with Gasteiger partial charge in [0.15, 0.2) is 0 Å². The number of phenols is 1. The van der Waals surface area contributed by atoms with Crippen LogP contribution in [0.25, 0.3) is 6.08 Å². The van der Waals surface area contributed by atoms with Gasteiger partial charge in [0, 0.05) is 18.2 Å². The Hall–Kier alpha value is -2.17. The van der Waals surface area contributed by atoms with Crippen LogP contribution >= 0.6 is 0 Å². The van der Waals surface area contributed by atoms with E-state index in [0.29, 0.717) is 12.3 Å². The molecular formula is C15H21NO4. The third-order valence-electron chi connectivity index (χ3n) is 2.28. The minimum Gasteiger partial charge on any atom is -0.508 e. The maximum absolute atomic E-state index is 11.4. The summed E-state index contributed by atoms with van der Waals surface area (Å²) in [4.78, 5) is 11.4. The van der Waals surface area contributed by atoms with Gasteiger partial charge in [0.2, 0.25) is 0 Å². The zero-order valence-corrected chi connectivity index (χ0v) is 12.3. The highest BCUT2D eigenvalue weighted by atomic mass is 16.6. The first kappa shape index (κ1) is 15.9. The molecule has 1 aromatic carbocycles. The van der Waals surface area contributed by atoms with Crippen molar-refractivity contribution in [3.05, 3.63) is 29.8 Å². The number of benzene rings is 1. The van der Waals surface area contributed by atoms with Gasteiger partial charge in [-0.1, -0.05) is 12.2 Å². The minimum atomic E-state index is -0.506. The van der Waals surface area contributed by atoms with Crippen LogP contribution in [0.1, 0.15) is 26.3 Å². The molecule has 0 fully saturated rings. The van der Waals surface area contributed by atoms with E-state index in [2.05, 4.69) is 5.32 Å². The molecule has 2 N–H and O–H groups in total. The predicted molar refractivity (Wildman–Crippen MR) is 77.9 cm³/mol. The lowest BCUT2D eigenvalue weighted by atomic mass is 10.2. The molecule has 5 nitrogen and oxygen atoms in total. The summed E-state index contributed by atoms with van der Waals surface area (Å²) in [6, 6.07) is 4.84. The molecule has 0 saturated heterocycles. The van der Waals surface area contributed by atoms with Gasteiger partial charge >= 0.3 is 6.09 Å². The predicted octanol–water partition coefficient (Wildman–Crippen LogP) is 2.94. The van der Waals surface area contributed by atoms with Crippen molar-refractivity contribution in [3.63, 3.8) is 0 Å². The van der Waals surface area contributed by atoms with Gasteiger partial charge in [-0.2, -0.15) is 0 Å². The number of hydrogen-bond donors (Lipinski definition) is 2. The number of phenolic OH excluding ortho intramolecular Hbond substituents is 1. The first-order chi connectivity index (χ1) is 9.31. The van der Waals surface area contributed by atoms with Crippen LogP contribution in [0.5, 0.6) is 11.5 Å². The lowest BCUT2D eigenvalue weighted by molar-refractivity contribution is 0.0534. The van der Waals surface area contributed by atoms with Crippen molar-refractivity contribution >= 4 is 12.2 Å². The Morgan fingerprint density at radius 2 is 2.10 bits per heavy atom. The van der Waals surface area contributed by atoms with Crippen LogP contribution in [0.2, 0.25) is 0 Å². The van der Waals surface area contributed by atoms with E-state index in [9.17, 15) is 9.90 Å². The Morgan fingerprint density at radius 1 is 1.40 bits per heavy atom. The largest absolute Gasteiger partial charge is 0.508 e. The fourth-order valence-electron chi connectivity index (χ4n) is 1.48. The molecule has 0 aliphatic rings.